The number of amides is 1. The Labute approximate surface area is 179 Å². The van der Waals surface area contributed by atoms with Crippen molar-refractivity contribution in [1.29, 1.82) is 0 Å². The van der Waals surface area contributed by atoms with Crippen LogP contribution < -0.4 is 4.80 Å². The lowest BCUT2D eigenvalue weighted by atomic mass is 10.3. The van der Waals surface area contributed by atoms with Gasteiger partial charge in [-0.05, 0) is 31.2 Å². The molecule has 3 rings (SSSR count). The minimum Gasteiger partial charge on any atom is -0.380 e. The van der Waals surface area contributed by atoms with E-state index >= 15 is 0 Å². The van der Waals surface area contributed by atoms with Crippen molar-refractivity contribution in [1.82, 2.24) is 4.57 Å². The minimum absolute atomic E-state index is 0.212. The Morgan fingerprint density at radius 3 is 2.61 bits per heavy atom. The molecule has 0 spiro atoms. The molecule has 0 aliphatic heterocycles. The third-order valence-corrected chi connectivity index (χ3v) is 7.47. The summed E-state index contributed by atoms with van der Waals surface area (Å²) in [4.78, 5) is 17.5. The lowest BCUT2D eigenvalue weighted by molar-refractivity contribution is 0.0997. The van der Waals surface area contributed by atoms with Crippen LogP contribution in [0.3, 0.4) is 0 Å². The fourth-order valence-electron chi connectivity index (χ4n) is 2.52. The molecule has 0 radical (unpaired) electrons. The molecule has 3 aromatic rings. The number of hydrogen-bond donors (Lipinski definition) is 0. The van der Waals surface area contributed by atoms with Crippen LogP contribution >= 0.6 is 45.9 Å². The van der Waals surface area contributed by atoms with Crippen molar-refractivity contribution >= 4 is 71.8 Å². The fraction of sp³-hybridized carbons (Fsp3) is 0.294. The third kappa shape index (κ3) is 4.67. The third-order valence-electron chi connectivity index (χ3n) is 3.83. The summed E-state index contributed by atoms with van der Waals surface area (Å²) in [5.74, 6) is -0.506. The Morgan fingerprint density at radius 2 is 2.00 bits per heavy atom. The molecule has 0 bridgehead atoms. The quantitative estimate of drug-likeness (QED) is 0.496. The standard InChI is InChI=1S/C17H16Cl2N2O4S3/c1-3-25-7-6-21-12-5-4-10(28(2,23)24)8-13(12)26-17(21)20-16(22)11-9-14(18)27-15(11)19/h4-5,8-9H,3,6-7H2,1-2H3. The highest BCUT2D eigenvalue weighted by Gasteiger charge is 2.16. The zero-order chi connectivity index (χ0) is 20.5. The number of sulfone groups is 1. The van der Waals surface area contributed by atoms with Crippen LogP contribution in [0, 0.1) is 0 Å². The molecule has 28 heavy (non-hydrogen) atoms. The zero-order valence-electron chi connectivity index (χ0n) is 14.9. The van der Waals surface area contributed by atoms with Gasteiger partial charge in [-0.15, -0.1) is 11.3 Å². The molecule has 2 heterocycles. The van der Waals surface area contributed by atoms with Gasteiger partial charge < -0.3 is 9.30 Å². The monoisotopic (exact) mass is 478 g/mol. The maximum atomic E-state index is 12.6. The van der Waals surface area contributed by atoms with Crippen molar-refractivity contribution in [2.24, 2.45) is 4.99 Å². The topological polar surface area (TPSA) is 77.7 Å². The van der Waals surface area contributed by atoms with Crippen LogP contribution in [0.2, 0.25) is 8.67 Å². The summed E-state index contributed by atoms with van der Waals surface area (Å²) >= 11 is 14.3. The summed E-state index contributed by atoms with van der Waals surface area (Å²) < 4.78 is 32.4. The molecule has 0 N–H and O–H groups in total. The minimum atomic E-state index is -3.34. The van der Waals surface area contributed by atoms with Gasteiger partial charge in [-0.25, -0.2) is 8.42 Å². The van der Waals surface area contributed by atoms with Crippen LogP contribution in [-0.4, -0.2) is 38.4 Å². The van der Waals surface area contributed by atoms with E-state index < -0.39 is 15.7 Å². The van der Waals surface area contributed by atoms with E-state index in [-0.39, 0.29) is 14.8 Å². The normalized spacial score (nSPS) is 12.8. The Morgan fingerprint density at radius 1 is 1.25 bits per heavy atom. The summed E-state index contributed by atoms with van der Waals surface area (Å²) in [5, 5.41) is 0. The van der Waals surface area contributed by atoms with E-state index in [4.69, 9.17) is 27.9 Å². The first kappa shape index (κ1) is 21.5. The molecule has 150 valence electrons. The van der Waals surface area contributed by atoms with Gasteiger partial charge in [0.15, 0.2) is 14.6 Å². The SMILES string of the molecule is CCOCCn1c(=NC(=O)c2cc(Cl)sc2Cl)sc2cc(S(C)(=O)=O)ccc21. The van der Waals surface area contributed by atoms with E-state index in [9.17, 15) is 13.2 Å². The van der Waals surface area contributed by atoms with Gasteiger partial charge in [0, 0.05) is 19.4 Å². The molecule has 6 nitrogen and oxygen atoms in total. The number of carbonyl (C=O) groups is 1. The predicted octanol–water partition coefficient (Wildman–Crippen LogP) is 4.25. The van der Waals surface area contributed by atoms with E-state index in [2.05, 4.69) is 4.99 Å². The molecule has 11 heteroatoms. The molecule has 0 saturated carbocycles. The van der Waals surface area contributed by atoms with Crippen molar-refractivity contribution in [3.63, 3.8) is 0 Å². The van der Waals surface area contributed by atoms with Crippen molar-refractivity contribution in [2.75, 3.05) is 19.5 Å². The number of fused-ring (bicyclic) bond motifs is 1. The smallest absolute Gasteiger partial charge is 0.282 e. The highest BCUT2D eigenvalue weighted by atomic mass is 35.5. The molecule has 2 aromatic heterocycles. The van der Waals surface area contributed by atoms with Gasteiger partial charge in [-0.3, -0.25) is 4.79 Å². The largest absolute Gasteiger partial charge is 0.380 e. The number of nitrogens with zero attached hydrogens (tertiary/aromatic N) is 2. The fourth-order valence-corrected chi connectivity index (χ4v) is 5.78. The maximum Gasteiger partial charge on any atom is 0.282 e. The number of thiophene rings is 1. The van der Waals surface area contributed by atoms with Crippen molar-refractivity contribution in [2.45, 2.75) is 18.4 Å². The van der Waals surface area contributed by atoms with Crippen LogP contribution in [0.4, 0.5) is 0 Å². The number of halogens is 2. The molecule has 0 unspecified atom stereocenters. The number of rotatable bonds is 6. The summed E-state index contributed by atoms with van der Waals surface area (Å²) in [6.45, 7) is 3.36. The summed E-state index contributed by atoms with van der Waals surface area (Å²) in [7, 11) is -3.34. The van der Waals surface area contributed by atoms with Gasteiger partial charge >= 0.3 is 0 Å². The van der Waals surface area contributed by atoms with Gasteiger partial charge in [0.25, 0.3) is 5.91 Å². The van der Waals surface area contributed by atoms with Gasteiger partial charge in [0.05, 0.1) is 31.6 Å². The van der Waals surface area contributed by atoms with E-state index in [1.807, 2.05) is 11.5 Å². The Balaban J connectivity index is 2.14. The molecular weight excluding hydrogens is 463 g/mol. The lowest BCUT2D eigenvalue weighted by Crippen LogP contribution is -2.19. The van der Waals surface area contributed by atoms with E-state index in [0.717, 1.165) is 23.1 Å². The van der Waals surface area contributed by atoms with Crippen molar-refractivity contribution in [3.05, 3.63) is 43.3 Å². The van der Waals surface area contributed by atoms with E-state index in [1.54, 1.807) is 18.2 Å². The second-order valence-electron chi connectivity index (χ2n) is 5.79. The van der Waals surface area contributed by atoms with Crippen LogP contribution in [0.25, 0.3) is 10.2 Å². The van der Waals surface area contributed by atoms with E-state index in [0.29, 0.717) is 33.6 Å². The van der Waals surface area contributed by atoms with Crippen LogP contribution in [0.15, 0.2) is 34.2 Å². The number of ether oxygens (including phenoxy) is 1. The van der Waals surface area contributed by atoms with Gasteiger partial charge in [-0.1, -0.05) is 34.5 Å². The average Bonchev–Trinajstić information content (AvgIpc) is 3.13. The number of aromatic nitrogens is 1. The van der Waals surface area contributed by atoms with Gasteiger partial charge in [0.2, 0.25) is 0 Å². The number of carbonyl (C=O) groups excluding carboxylic acids is 1. The molecule has 0 saturated heterocycles. The Bertz CT molecular complexity index is 1210. The zero-order valence-corrected chi connectivity index (χ0v) is 18.9. The highest BCUT2D eigenvalue weighted by Crippen LogP contribution is 2.31. The van der Waals surface area contributed by atoms with Gasteiger partial charge in [-0.2, -0.15) is 4.99 Å². The summed E-state index contributed by atoms with van der Waals surface area (Å²) in [6.07, 6.45) is 1.15. The molecule has 0 aliphatic rings. The molecule has 1 aromatic carbocycles. The average molecular weight is 479 g/mol. The van der Waals surface area contributed by atoms with Crippen LogP contribution in [0.5, 0.6) is 0 Å². The number of benzene rings is 1. The second-order valence-corrected chi connectivity index (χ2v) is 11.1. The first-order chi connectivity index (χ1) is 13.2. The van der Waals surface area contributed by atoms with Gasteiger partial charge in [0.1, 0.15) is 4.34 Å². The van der Waals surface area contributed by atoms with Crippen LogP contribution in [0.1, 0.15) is 17.3 Å². The molecule has 0 atom stereocenters. The summed E-state index contributed by atoms with van der Waals surface area (Å²) in [6, 6.07) is 6.33. The summed E-state index contributed by atoms with van der Waals surface area (Å²) in [5.41, 5.74) is 1.01. The molecule has 0 aliphatic carbocycles. The highest BCUT2D eigenvalue weighted by molar-refractivity contribution is 7.90. The molecule has 1 amide bonds. The Hall–Kier alpha value is -1.23. The molecule has 0 fully saturated rings. The predicted molar refractivity (Wildman–Crippen MR) is 114 cm³/mol. The Kier molecular flexibility index (Phi) is 6.63. The second kappa shape index (κ2) is 8.64. The first-order valence-electron chi connectivity index (χ1n) is 8.15. The number of hydrogen-bond acceptors (Lipinski definition) is 6. The van der Waals surface area contributed by atoms with Crippen molar-refractivity contribution in [3.8, 4) is 0 Å². The van der Waals surface area contributed by atoms with E-state index in [1.165, 1.54) is 17.4 Å². The maximum absolute atomic E-state index is 12.6. The first-order valence-corrected chi connectivity index (χ1v) is 12.4. The molecular formula is C17H16Cl2N2O4S3. The van der Waals surface area contributed by atoms with Crippen LogP contribution in [-0.2, 0) is 21.1 Å². The lowest BCUT2D eigenvalue weighted by Gasteiger charge is -2.06. The van der Waals surface area contributed by atoms with Crippen molar-refractivity contribution < 1.29 is 17.9 Å². The number of thiazole rings is 1.